The Balaban J connectivity index is 2.50. The number of nitrogens with zero attached hydrogens (tertiary/aromatic N) is 2. The Kier molecular flexibility index (Phi) is 6.88. The van der Waals surface area contributed by atoms with Gasteiger partial charge in [-0.3, -0.25) is 19.9 Å². The van der Waals surface area contributed by atoms with Crippen LogP contribution >= 0.6 is 15.9 Å². The topological polar surface area (TPSA) is 106 Å². The molecule has 8 nitrogen and oxygen atoms in total. The summed E-state index contributed by atoms with van der Waals surface area (Å²) in [6.07, 6.45) is 2.81. The minimum Gasteiger partial charge on any atom is -0.383 e. The lowest BCUT2D eigenvalue weighted by atomic mass is 10.3. The van der Waals surface area contributed by atoms with E-state index in [-0.39, 0.29) is 24.6 Å². The van der Waals surface area contributed by atoms with Crippen LogP contribution in [0, 0.1) is 10.1 Å². The molecular weight excluding hydrogens is 332 g/mol. The third-order valence-electron chi connectivity index (χ3n) is 2.36. The zero-order chi connectivity index (χ0) is 15.0. The van der Waals surface area contributed by atoms with Crippen molar-refractivity contribution in [2.75, 3.05) is 32.1 Å². The summed E-state index contributed by atoms with van der Waals surface area (Å²) in [6, 6.07) is 0. The Labute approximate surface area is 124 Å². The highest BCUT2D eigenvalue weighted by molar-refractivity contribution is 9.10. The first kappa shape index (κ1) is 16.3. The fraction of sp³-hybridized carbons (Fsp3) is 0.455. The molecule has 0 saturated carbocycles. The average molecular weight is 347 g/mol. The number of anilines is 1. The van der Waals surface area contributed by atoms with E-state index in [9.17, 15) is 14.9 Å². The Morgan fingerprint density at radius 2 is 2.25 bits per heavy atom. The van der Waals surface area contributed by atoms with Crippen LogP contribution in [0.2, 0.25) is 0 Å². The number of pyridine rings is 1. The molecule has 0 spiro atoms. The van der Waals surface area contributed by atoms with Gasteiger partial charge in [-0.2, -0.15) is 0 Å². The van der Waals surface area contributed by atoms with Crippen molar-refractivity contribution in [3.8, 4) is 0 Å². The molecule has 1 aromatic rings. The minimum absolute atomic E-state index is 0.140. The number of methoxy groups -OCH3 is 1. The van der Waals surface area contributed by atoms with Crippen LogP contribution in [-0.4, -0.2) is 42.6 Å². The molecule has 0 aromatic carbocycles. The molecule has 1 amide bonds. The monoisotopic (exact) mass is 346 g/mol. The fourth-order valence-electron chi connectivity index (χ4n) is 1.42. The lowest BCUT2D eigenvalue weighted by Crippen LogP contribution is -2.28. The number of hydrogen-bond donors (Lipinski definition) is 2. The van der Waals surface area contributed by atoms with E-state index in [0.717, 1.165) is 6.20 Å². The van der Waals surface area contributed by atoms with E-state index in [1.165, 1.54) is 6.20 Å². The molecule has 0 bridgehead atoms. The second-order valence-electron chi connectivity index (χ2n) is 3.79. The Bertz CT molecular complexity index is 483. The second-order valence-corrected chi connectivity index (χ2v) is 4.65. The van der Waals surface area contributed by atoms with Gasteiger partial charge in [-0.25, -0.2) is 0 Å². The molecule has 9 heteroatoms. The molecule has 0 saturated heterocycles. The first-order valence-electron chi connectivity index (χ1n) is 5.83. The van der Waals surface area contributed by atoms with Crippen LogP contribution in [0.5, 0.6) is 0 Å². The molecule has 0 unspecified atom stereocenters. The van der Waals surface area contributed by atoms with E-state index in [1.807, 2.05) is 0 Å². The predicted molar refractivity (Wildman–Crippen MR) is 76.6 cm³/mol. The van der Waals surface area contributed by atoms with Crippen molar-refractivity contribution in [3.63, 3.8) is 0 Å². The fourth-order valence-corrected chi connectivity index (χ4v) is 1.88. The van der Waals surface area contributed by atoms with Gasteiger partial charge >= 0.3 is 5.69 Å². The Morgan fingerprint density at radius 3 is 2.90 bits per heavy atom. The van der Waals surface area contributed by atoms with Gasteiger partial charge in [-0.15, -0.1) is 0 Å². The van der Waals surface area contributed by atoms with Crippen molar-refractivity contribution in [2.45, 2.75) is 6.42 Å². The molecule has 0 aliphatic rings. The summed E-state index contributed by atoms with van der Waals surface area (Å²) in [5, 5.41) is 16.4. The highest BCUT2D eigenvalue weighted by Crippen LogP contribution is 2.30. The maximum atomic E-state index is 11.4. The number of aromatic nitrogens is 1. The number of carbonyl (C=O) groups is 1. The smallest absolute Gasteiger partial charge is 0.311 e. The standard InChI is InChI=1S/C11H15BrN4O4/c1-20-5-4-14-10(17)2-3-15-11-8(12)6-13-7-9(11)16(18)19/h6-7H,2-5H2,1H3,(H,13,15)(H,14,17). The van der Waals surface area contributed by atoms with Crippen LogP contribution < -0.4 is 10.6 Å². The lowest BCUT2D eigenvalue weighted by molar-refractivity contribution is -0.384. The van der Waals surface area contributed by atoms with Crippen LogP contribution in [-0.2, 0) is 9.53 Å². The summed E-state index contributed by atoms with van der Waals surface area (Å²) in [7, 11) is 1.55. The van der Waals surface area contributed by atoms with Crippen LogP contribution in [0.25, 0.3) is 0 Å². The highest BCUT2D eigenvalue weighted by atomic mass is 79.9. The molecule has 1 rings (SSSR count). The summed E-state index contributed by atoms with van der Waals surface area (Å²) < 4.78 is 5.28. The van der Waals surface area contributed by atoms with E-state index in [4.69, 9.17) is 4.74 Å². The third kappa shape index (κ3) is 5.10. The molecule has 0 fully saturated rings. The van der Waals surface area contributed by atoms with Crippen molar-refractivity contribution in [1.82, 2.24) is 10.3 Å². The van der Waals surface area contributed by atoms with Gasteiger partial charge in [0.2, 0.25) is 5.91 Å². The van der Waals surface area contributed by atoms with Crippen molar-refractivity contribution in [2.24, 2.45) is 0 Å². The number of amides is 1. The van der Waals surface area contributed by atoms with Gasteiger partial charge in [-0.05, 0) is 15.9 Å². The maximum Gasteiger partial charge on any atom is 0.311 e. The van der Waals surface area contributed by atoms with Crippen molar-refractivity contribution >= 4 is 33.2 Å². The van der Waals surface area contributed by atoms with Gasteiger partial charge in [0.05, 0.1) is 16.0 Å². The number of rotatable bonds is 8. The number of carbonyl (C=O) groups excluding carboxylic acids is 1. The van der Waals surface area contributed by atoms with Gasteiger partial charge < -0.3 is 15.4 Å². The van der Waals surface area contributed by atoms with Crippen molar-refractivity contribution in [1.29, 1.82) is 0 Å². The minimum atomic E-state index is -0.529. The van der Waals surface area contributed by atoms with E-state index in [2.05, 4.69) is 31.5 Å². The molecular formula is C11H15BrN4O4. The normalized spacial score (nSPS) is 10.1. The van der Waals surface area contributed by atoms with Crippen LogP contribution in [0.1, 0.15) is 6.42 Å². The molecule has 0 aliphatic carbocycles. The SMILES string of the molecule is COCCNC(=O)CCNc1c(Br)cncc1[N+](=O)[O-]. The van der Waals surface area contributed by atoms with Crippen molar-refractivity contribution in [3.05, 3.63) is 27.0 Å². The summed E-state index contributed by atoms with van der Waals surface area (Å²) in [6.45, 7) is 1.16. The number of halogens is 1. The lowest BCUT2D eigenvalue weighted by Gasteiger charge is -2.09. The van der Waals surface area contributed by atoms with E-state index in [1.54, 1.807) is 7.11 Å². The van der Waals surface area contributed by atoms with Gasteiger partial charge in [0.15, 0.2) is 0 Å². The molecule has 2 N–H and O–H groups in total. The van der Waals surface area contributed by atoms with Crippen LogP contribution in [0.4, 0.5) is 11.4 Å². The van der Waals surface area contributed by atoms with Gasteiger partial charge in [0, 0.05) is 32.8 Å². The number of hydrogen-bond acceptors (Lipinski definition) is 6. The first-order valence-corrected chi connectivity index (χ1v) is 6.63. The van der Waals surface area contributed by atoms with E-state index >= 15 is 0 Å². The molecule has 1 aromatic heterocycles. The quantitative estimate of drug-likeness (QED) is 0.417. The predicted octanol–water partition coefficient (Wildman–Crippen LogP) is 1.32. The zero-order valence-corrected chi connectivity index (χ0v) is 12.5. The van der Waals surface area contributed by atoms with E-state index < -0.39 is 4.92 Å². The average Bonchev–Trinajstić information content (AvgIpc) is 2.40. The third-order valence-corrected chi connectivity index (χ3v) is 2.96. The molecule has 0 atom stereocenters. The van der Waals surface area contributed by atoms with Crippen LogP contribution in [0.3, 0.4) is 0 Å². The van der Waals surface area contributed by atoms with Crippen molar-refractivity contribution < 1.29 is 14.5 Å². The summed E-state index contributed by atoms with van der Waals surface area (Å²) in [5.74, 6) is -0.151. The molecule has 1 heterocycles. The summed E-state index contributed by atoms with van der Waals surface area (Å²) in [4.78, 5) is 25.5. The number of nitro groups is 1. The zero-order valence-electron chi connectivity index (χ0n) is 10.9. The van der Waals surface area contributed by atoms with Gasteiger partial charge in [-0.1, -0.05) is 0 Å². The molecule has 20 heavy (non-hydrogen) atoms. The van der Waals surface area contributed by atoms with E-state index in [0.29, 0.717) is 23.3 Å². The molecule has 0 aliphatic heterocycles. The van der Waals surface area contributed by atoms with Crippen LogP contribution in [0.15, 0.2) is 16.9 Å². The Hall–Kier alpha value is -1.74. The second kappa shape index (κ2) is 8.43. The van der Waals surface area contributed by atoms with Gasteiger partial charge in [0.25, 0.3) is 0 Å². The number of nitrogens with one attached hydrogen (secondary N) is 2. The number of ether oxygens (including phenoxy) is 1. The summed E-state index contributed by atoms with van der Waals surface area (Å²) in [5.41, 5.74) is 0.175. The Morgan fingerprint density at radius 1 is 1.50 bits per heavy atom. The largest absolute Gasteiger partial charge is 0.383 e. The molecule has 110 valence electrons. The van der Waals surface area contributed by atoms with Gasteiger partial charge in [0.1, 0.15) is 11.9 Å². The highest BCUT2D eigenvalue weighted by Gasteiger charge is 2.17. The first-order chi connectivity index (χ1) is 9.56. The summed E-state index contributed by atoms with van der Waals surface area (Å²) >= 11 is 3.19. The molecule has 0 radical (unpaired) electrons. The maximum absolute atomic E-state index is 11.4.